The van der Waals surface area contributed by atoms with Gasteiger partial charge in [0.25, 0.3) is 0 Å². The Morgan fingerprint density at radius 1 is 0.317 bits per heavy atom. The predicted octanol–water partition coefficient (Wildman–Crippen LogP) is 14.6. The minimum absolute atomic E-state index is 0.560. The van der Waals surface area contributed by atoms with E-state index in [0.717, 1.165) is 93.8 Å². The summed E-state index contributed by atoms with van der Waals surface area (Å²) in [6.45, 7) is 0. The van der Waals surface area contributed by atoms with Crippen molar-refractivity contribution in [1.82, 2.24) is 24.1 Å². The molecular weight excluding hydrogens is 771 g/mol. The molecule has 0 amide bonds. The maximum Gasteiger partial charge on any atom is 0.238 e. The molecule has 4 aromatic heterocycles. The van der Waals surface area contributed by atoms with Crippen molar-refractivity contribution in [1.29, 1.82) is 0 Å². The van der Waals surface area contributed by atoms with Gasteiger partial charge >= 0.3 is 0 Å². The summed E-state index contributed by atoms with van der Waals surface area (Å²) in [7, 11) is 0. The Balaban J connectivity index is 1.12. The Labute approximate surface area is 361 Å². The first-order valence-corrected chi connectivity index (χ1v) is 21.2. The van der Waals surface area contributed by atoms with Crippen molar-refractivity contribution in [2.24, 2.45) is 0 Å². The van der Waals surface area contributed by atoms with Crippen LogP contribution in [-0.2, 0) is 0 Å². The zero-order valence-corrected chi connectivity index (χ0v) is 33.9. The summed E-state index contributed by atoms with van der Waals surface area (Å²) in [6.07, 6.45) is 0. The van der Waals surface area contributed by atoms with Crippen LogP contribution in [0.3, 0.4) is 0 Å². The van der Waals surface area contributed by atoms with Crippen molar-refractivity contribution in [2.45, 2.75) is 0 Å². The van der Waals surface area contributed by atoms with Crippen molar-refractivity contribution < 1.29 is 4.42 Å². The molecule has 0 fully saturated rings. The first-order valence-electron chi connectivity index (χ1n) is 21.2. The summed E-state index contributed by atoms with van der Waals surface area (Å²) in [5.74, 6) is 1.79. The molecule has 0 aliphatic carbocycles. The van der Waals surface area contributed by atoms with Gasteiger partial charge in [0.2, 0.25) is 5.95 Å². The molecule has 0 spiro atoms. The second kappa shape index (κ2) is 14.0. The molecule has 9 aromatic carbocycles. The van der Waals surface area contributed by atoms with Gasteiger partial charge in [0.1, 0.15) is 11.2 Å². The van der Waals surface area contributed by atoms with E-state index >= 15 is 0 Å². The molecule has 0 aliphatic rings. The number of fused-ring (bicyclic) bond motifs is 9. The lowest BCUT2D eigenvalue weighted by atomic mass is 9.90. The number of hydrogen-bond acceptors (Lipinski definition) is 4. The van der Waals surface area contributed by atoms with Crippen LogP contribution in [0.4, 0.5) is 0 Å². The van der Waals surface area contributed by atoms with Crippen LogP contribution >= 0.6 is 0 Å². The third-order valence-corrected chi connectivity index (χ3v) is 12.4. The summed E-state index contributed by atoms with van der Waals surface area (Å²) in [6, 6.07) is 74.6. The van der Waals surface area contributed by atoms with E-state index in [2.05, 4.69) is 173 Å². The number of aromatic nitrogens is 5. The molecule has 13 aromatic rings. The largest absolute Gasteiger partial charge is 0.456 e. The summed E-state index contributed by atoms with van der Waals surface area (Å²) < 4.78 is 10.9. The van der Waals surface area contributed by atoms with Crippen LogP contribution < -0.4 is 0 Å². The smallest absolute Gasteiger partial charge is 0.238 e. The highest BCUT2D eigenvalue weighted by molar-refractivity contribution is 6.19. The summed E-state index contributed by atoms with van der Waals surface area (Å²) in [5, 5.41) is 6.80. The van der Waals surface area contributed by atoms with E-state index in [1.54, 1.807) is 0 Å². The normalized spacial score (nSPS) is 11.8. The topological polar surface area (TPSA) is 61.7 Å². The Morgan fingerprint density at radius 3 is 1.60 bits per heavy atom. The van der Waals surface area contributed by atoms with Gasteiger partial charge in [-0.25, -0.2) is 4.98 Å². The molecule has 6 nitrogen and oxygen atoms in total. The van der Waals surface area contributed by atoms with Crippen LogP contribution in [-0.4, -0.2) is 24.1 Å². The quantitative estimate of drug-likeness (QED) is 0.168. The molecule has 294 valence electrons. The number of hydrogen-bond donors (Lipinski definition) is 0. The maximum absolute atomic E-state index is 6.26. The molecule has 0 bridgehead atoms. The highest BCUT2D eigenvalue weighted by atomic mass is 16.3. The Bertz CT molecular complexity index is 3850. The van der Waals surface area contributed by atoms with Gasteiger partial charge in [0.15, 0.2) is 11.6 Å². The molecule has 0 saturated carbocycles. The number of para-hydroxylation sites is 3. The van der Waals surface area contributed by atoms with Crippen LogP contribution in [0.5, 0.6) is 0 Å². The zero-order chi connectivity index (χ0) is 41.4. The van der Waals surface area contributed by atoms with E-state index in [-0.39, 0.29) is 0 Å². The van der Waals surface area contributed by atoms with Crippen molar-refractivity contribution in [3.8, 4) is 56.7 Å². The summed E-state index contributed by atoms with van der Waals surface area (Å²) in [4.78, 5) is 15.5. The van der Waals surface area contributed by atoms with Gasteiger partial charge in [0.05, 0.1) is 22.1 Å². The molecular formula is C57H35N5O. The standard InChI is InChI=1S/C57H35N5O/c1-4-17-36(18-5-1)44-34-46-40-23-10-13-27-48(40)62(57-59-55(37-19-6-2-7-20-37)58-56(60-57)38-21-8-3-9-22-38)51(46)35-45(44)42-26-16-29-50-54(42)43-25-11-14-28-49(43)61(50)39-31-32-53-47(33-39)41-24-12-15-30-52(41)63-53/h1-35H. The Morgan fingerprint density at radius 2 is 0.889 bits per heavy atom. The third-order valence-electron chi connectivity index (χ3n) is 12.4. The maximum atomic E-state index is 6.26. The van der Waals surface area contributed by atoms with Crippen LogP contribution in [0.1, 0.15) is 0 Å². The monoisotopic (exact) mass is 805 g/mol. The van der Waals surface area contributed by atoms with Crippen molar-refractivity contribution in [3.05, 3.63) is 212 Å². The van der Waals surface area contributed by atoms with E-state index in [0.29, 0.717) is 17.6 Å². The van der Waals surface area contributed by atoms with Crippen molar-refractivity contribution in [3.63, 3.8) is 0 Å². The average molecular weight is 806 g/mol. The second-order valence-corrected chi connectivity index (χ2v) is 16.0. The van der Waals surface area contributed by atoms with E-state index in [1.165, 1.54) is 10.8 Å². The SMILES string of the molecule is c1ccc(-c2nc(-c3ccccc3)nc(-n3c4ccccc4c4cc(-c5ccccc5)c(-c5cccc6c5c5ccccc5n6-c5ccc6oc7ccccc7c6c5)cc43)n2)cc1. The van der Waals surface area contributed by atoms with Gasteiger partial charge in [-0.15, -0.1) is 0 Å². The molecule has 6 heteroatoms. The van der Waals surface area contributed by atoms with Crippen LogP contribution in [0.15, 0.2) is 217 Å². The lowest BCUT2D eigenvalue weighted by Crippen LogP contribution is -2.06. The van der Waals surface area contributed by atoms with E-state index in [9.17, 15) is 0 Å². The second-order valence-electron chi connectivity index (χ2n) is 16.0. The molecule has 63 heavy (non-hydrogen) atoms. The minimum atomic E-state index is 0.560. The van der Waals surface area contributed by atoms with E-state index < -0.39 is 0 Å². The number of benzene rings is 9. The van der Waals surface area contributed by atoms with Gasteiger partial charge in [-0.05, 0) is 76.9 Å². The molecule has 4 heterocycles. The number of rotatable bonds is 6. The average Bonchev–Trinajstić information content (AvgIpc) is 4.01. The van der Waals surface area contributed by atoms with Crippen LogP contribution in [0, 0.1) is 0 Å². The Hall–Kier alpha value is -8.61. The fourth-order valence-electron chi connectivity index (χ4n) is 9.58. The molecule has 0 radical (unpaired) electrons. The number of furan rings is 1. The fourth-order valence-corrected chi connectivity index (χ4v) is 9.58. The fraction of sp³-hybridized carbons (Fsp3) is 0. The lowest BCUT2D eigenvalue weighted by molar-refractivity contribution is 0.669. The molecule has 0 unspecified atom stereocenters. The van der Waals surface area contributed by atoms with Crippen molar-refractivity contribution >= 4 is 65.6 Å². The summed E-state index contributed by atoms with van der Waals surface area (Å²) >= 11 is 0. The molecule has 0 atom stereocenters. The highest BCUT2D eigenvalue weighted by Crippen LogP contribution is 2.45. The highest BCUT2D eigenvalue weighted by Gasteiger charge is 2.23. The first kappa shape index (κ1) is 35.2. The zero-order valence-electron chi connectivity index (χ0n) is 33.9. The van der Waals surface area contributed by atoms with Gasteiger partial charge in [-0.2, -0.15) is 9.97 Å². The molecule has 0 N–H and O–H groups in total. The molecule has 0 saturated heterocycles. The predicted molar refractivity (Wildman–Crippen MR) is 258 cm³/mol. The summed E-state index contributed by atoms with van der Waals surface area (Å²) in [5.41, 5.74) is 13.5. The van der Waals surface area contributed by atoms with Gasteiger partial charge in [0, 0.05) is 49.1 Å². The van der Waals surface area contributed by atoms with E-state index in [4.69, 9.17) is 19.4 Å². The molecule has 0 aliphatic heterocycles. The van der Waals surface area contributed by atoms with Crippen LogP contribution in [0.2, 0.25) is 0 Å². The van der Waals surface area contributed by atoms with Crippen molar-refractivity contribution in [2.75, 3.05) is 0 Å². The van der Waals surface area contributed by atoms with E-state index in [1.807, 2.05) is 48.5 Å². The number of nitrogens with zero attached hydrogens (tertiary/aromatic N) is 5. The van der Waals surface area contributed by atoms with Gasteiger partial charge < -0.3 is 8.98 Å². The molecule has 13 rings (SSSR count). The third kappa shape index (κ3) is 5.55. The van der Waals surface area contributed by atoms with Gasteiger partial charge in [-0.3, -0.25) is 4.57 Å². The van der Waals surface area contributed by atoms with Crippen LogP contribution in [0.25, 0.3) is 122 Å². The Kier molecular flexibility index (Phi) is 7.80. The minimum Gasteiger partial charge on any atom is -0.456 e. The first-order chi connectivity index (χ1) is 31.2. The van der Waals surface area contributed by atoms with Gasteiger partial charge in [-0.1, -0.05) is 158 Å². The lowest BCUT2D eigenvalue weighted by Gasteiger charge is -2.15.